The molecule has 0 saturated heterocycles. The number of fused-ring (bicyclic) bond motifs is 3. The summed E-state index contributed by atoms with van der Waals surface area (Å²) in [5.41, 5.74) is 5.43. The van der Waals surface area contributed by atoms with E-state index in [2.05, 4.69) is 28.6 Å². The van der Waals surface area contributed by atoms with Crippen LogP contribution in [0.2, 0.25) is 0 Å². The van der Waals surface area contributed by atoms with Gasteiger partial charge in [-0.25, -0.2) is 4.68 Å². The second kappa shape index (κ2) is 4.38. The summed E-state index contributed by atoms with van der Waals surface area (Å²) < 4.78 is 2.00. The summed E-state index contributed by atoms with van der Waals surface area (Å²) in [6, 6.07) is 17.6. The highest BCUT2D eigenvalue weighted by Gasteiger charge is 2.25. The number of para-hydroxylation sites is 1. The van der Waals surface area contributed by atoms with Crippen molar-refractivity contribution < 1.29 is 5.11 Å². The topological polar surface area (TPSA) is 50.1 Å². The fourth-order valence-electron chi connectivity index (χ4n) is 2.84. The Kier molecular flexibility index (Phi) is 2.51. The Bertz CT molecular complexity index is 805. The van der Waals surface area contributed by atoms with Crippen LogP contribution in [0.5, 0.6) is 5.75 Å². The maximum atomic E-state index is 9.47. The van der Waals surface area contributed by atoms with Crippen LogP contribution in [-0.4, -0.2) is 14.9 Å². The SMILES string of the molecule is Cc1cc2n(n1)[C@H](c1ccc(O)cc1)Nc1ccccc1-2. The average molecular weight is 277 g/mol. The number of phenols is 1. The molecule has 0 bridgehead atoms. The maximum Gasteiger partial charge on any atom is 0.147 e. The summed E-state index contributed by atoms with van der Waals surface area (Å²) in [5, 5.41) is 17.6. The number of hydrogen-bond acceptors (Lipinski definition) is 3. The van der Waals surface area contributed by atoms with Gasteiger partial charge in [-0.3, -0.25) is 0 Å². The van der Waals surface area contributed by atoms with E-state index in [0.717, 1.165) is 28.2 Å². The second-order valence-electron chi connectivity index (χ2n) is 5.30. The van der Waals surface area contributed by atoms with Gasteiger partial charge in [0.05, 0.1) is 11.4 Å². The third-order valence-corrected chi connectivity index (χ3v) is 3.81. The number of hydrogen-bond donors (Lipinski definition) is 2. The molecule has 0 saturated carbocycles. The van der Waals surface area contributed by atoms with Gasteiger partial charge in [-0.05, 0) is 36.8 Å². The Balaban J connectivity index is 1.89. The number of aromatic hydroxyl groups is 1. The minimum atomic E-state index is -0.0656. The monoisotopic (exact) mass is 277 g/mol. The van der Waals surface area contributed by atoms with Crippen molar-refractivity contribution in [1.29, 1.82) is 0 Å². The average Bonchev–Trinajstić information content (AvgIpc) is 2.89. The first kappa shape index (κ1) is 12.0. The van der Waals surface area contributed by atoms with Crippen LogP contribution >= 0.6 is 0 Å². The first-order valence-corrected chi connectivity index (χ1v) is 6.93. The molecule has 0 fully saturated rings. The summed E-state index contributed by atoms with van der Waals surface area (Å²) in [5.74, 6) is 0.270. The number of aryl methyl sites for hydroxylation is 1. The Hall–Kier alpha value is -2.75. The molecule has 0 radical (unpaired) electrons. The number of phenolic OH excluding ortho intramolecular Hbond substituents is 1. The van der Waals surface area contributed by atoms with Crippen LogP contribution in [0.25, 0.3) is 11.3 Å². The largest absolute Gasteiger partial charge is 0.508 e. The standard InChI is InChI=1S/C17H15N3O/c1-11-10-16-14-4-2-3-5-15(14)18-17(20(16)19-11)12-6-8-13(21)9-7-12/h2-10,17-18,21H,1H3/t17-/m1/s1. The molecule has 2 N–H and O–H groups in total. The molecule has 3 aromatic rings. The Morgan fingerprint density at radius 1 is 1.10 bits per heavy atom. The molecular weight excluding hydrogens is 262 g/mol. The Morgan fingerprint density at radius 2 is 1.86 bits per heavy atom. The van der Waals surface area contributed by atoms with Crippen molar-refractivity contribution in [3.8, 4) is 17.0 Å². The lowest BCUT2D eigenvalue weighted by molar-refractivity contribution is 0.474. The van der Waals surface area contributed by atoms with E-state index in [-0.39, 0.29) is 11.9 Å². The molecule has 1 aromatic heterocycles. The molecule has 1 aliphatic rings. The predicted molar refractivity (Wildman–Crippen MR) is 82.3 cm³/mol. The van der Waals surface area contributed by atoms with Crippen LogP contribution in [-0.2, 0) is 0 Å². The van der Waals surface area contributed by atoms with Crippen LogP contribution in [0.15, 0.2) is 54.6 Å². The van der Waals surface area contributed by atoms with Gasteiger partial charge in [0.2, 0.25) is 0 Å². The van der Waals surface area contributed by atoms with Gasteiger partial charge in [0.15, 0.2) is 0 Å². The number of rotatable bonds is 1. The molecule has 104 valence electrons. The first-order valence-electron chi connectivity index (χ1n) is 6.93. The number of anilines is 1. The van der Waals surface area contributed by atoms with Crippen molar-refractivity contribution in [1.82, 2.24) is 9.78 Å². The lowest BCUT2D eigenvalue weighted by atomic mass is 10.0. The van der Waals surface area contributed by atoms with Gasteiger partial charge >= 0.3 is 0 Å². The number of benzene rings is 2. The van der Waals surface area contributed by atoms with Crippen molar-refractivity contribution in [2.45, 2.75) is 13.1 Å². The summed E-state index contributed by atoms with van der Waals surface area (Å²) in [6.07, 6.45) is -0.0656. The van der Waals surface area contributed by atoms with Gasteiger partial charge in [-0.2, -0.15) is 5.10 Å². The Labute approximate surface area is 122 Å². The Morgan fingerprint density at radius 3 is 2.67 bits per heavy atom. The van der Waals surface area contributed by atoms with Crippen LogP contribution in [0.4, 0.5) is 5.69 Å². The van der Waals surface area contributed by atoms with Gasteiger partial charge in [-0.15, -0.1) is 0 Å². The fourth-order valence-corrected chi connectivity index (χ4v) is 2.84. The normalized spacial score (nSPS) is 16.0. The third-order valence-electron chi connectivity index (χ3n) is 3.81. The zero-order chi connectivity index (χ0) is 14.4. The quantitative estimate of drug-likeness (QED) is 0.715. The molecule has 0 unspecified atom stereocenters. The minimum absolute atomic E-state index is 0.0656. The smallest absolute Gasteiger partial charge is 0.147 e. The molecule has 2 heterocycles. The van der Waals surface area contributed by atoms with Crippen molar-refractivity contribution in [2.75, 3.05) is 5.32 Å². The van der Waals surface area contributed by atoms with Crippen molar-refractivity contribution in [3.63, 3.8) is 0 Å². The predicted octanol–water partition coefficient (Wildman–Crippen LogP) is 3.54. The third kappa shape index (κ3) is 1.88. The molecule has 0 amide bonds. The molecule has 1 aliphatic heterocycles. The van der Waals surface area contributed by atoms with Crippen molar-refractivity contribution >= 4 is 5.69 Å². The highest BCUT2D eigenvalue weighted by Crippen LogP contribution is 2.38. The van der Waals surface area contributed by atoms with Crippen molar-refractivity contribution in [3.05, 3.63) is 65.9 Å². The van der Waals surface area contributed by atoms with Gasteiger partial charge in [-0.1, -0.05) is 30.3 Å². The molecule has 4 nitrogen and oxygen atoms in total. The first-order chi connectivity index (χ1) is 10.2. The summed E-state index contributed by atoms with van der Waals surface area (Å²) in [6.45, 7) is 2.00. The molecule has 0 aliphatic carbocycles. The van der Waals surface area contributed by atoms with Gasteiger partial charge in [0, 0.05) is 11.3 Å². The van der Waals surface area contributed by atoms with E-state index >= 15 is 0 Å². The highest BCUT2D eigenvalue weighted by atomic mass is 16.3. The summed E-state index contributed by atoms with van der Waals surface area (Å²) in [4.78, 5) is 0. The number of nitrogens with one attached hydrogen (secondary N) is 1. The molecule has 1 atom stereocenters. The number of nitrogens with zero attached hydrogens (tertiary/aromatic N) is 2. The van der Waals surface area contributed by atoms with E-state index in [1.54, 1.807) is 12.1 Å². The van der Waals surface area contributed by atoms with Gasteiger partial charge in [0.25, 0.3) is 0 Å². The zero-order valence-corrected chi connectivity index (χ0v) is 11.6. The van der Waals surface area contributed by atoms with E-state index in [1.165, 1.54) is 0 Å². The number of aromatic nitrogens is 2. The fraction of sp³-hybridized carbons (Fsp3) is 0.118. The lowest BCUT2D eigenvalue weighted by Crippen LogP contribution is -2.25. The minimum Gasteiger partial charge on any atom is -0.508 e. The maximum absolute atomic E-state index is 9.47. The van der Waals surface area contributed by atoms with Gasteiger partial charge < -0.3 is 10.4 Å². The molecule has 2 aromatic carbocycles. The van der Waals surface area contributed by atoms with Gasteiger partial charge in [0.1, 0.15) is 11.9 Å². The van der Waals surface area contributed by atoms with Crippen molar-refractivity contribution in [2.24, 2.45) is 0 Å². The van der Waals surface area contributed by atoms with E-state index in [9.17, 15) is 5.11 Å². The van der Waals surface area contributed by atoms with E-state index in [0.29, 0.717) is 0 Å². The molecule has 4 rings (SSSR count). The summed E-state index contributed by atoms with van der Waals surface area (Å²) >= 11 is 0. The highest BCUT2D eigenvalue weighted by molar-refractivity contribution is 5.78. The second-order valence-corrected chi connectivity index (χ2v) is 5.30. The molecule has 4 heteroatoms. The zero-order valence-electron chi connectivity index (χ0n) is 11.6. The van der Waals surface area contributed by atoms with Crippen LogP contribution in [0.1, 0.15) is 17.4 Å². The van der Waals surface area contributed by atoms with Crippen LogP contribution in [0.3, 0.4) is 0 Å². The lowest BCUT2D eigenvalue weighted by Gasteiger charge is -2.29. The van der Waals surface area contributed by atoms with Crippen LogP contribution < -0.4 is 5.32 Å². The molecular formula is C17H15N3O. The van der Waals surface area contributed by atoms with E-state index < -0.39 is 0 Å². The van der Waals surface area contributed by atoms with Crippen LogP contribution in [0, 0.1) is 6.92 Å². The summed E-state index contributed by atoms with van der Waals surface area (Å²) in [7, 11) is 0. The molecule has 21 heavy (non-hydrogen) atoms. The van der Waals surface area contributed by atoms with E-state index in [4.69, 9.17) is 0 Å². The molecule has 0 spiro atoms. The van der Waals surface area contributed by atoms with E-state index in [1.807, 2.05) is 35.9 Å².